The molecule has 62 valence electrons. The maximum Gasteiger partial charge on any atom is 0.303 e. The van der Waals surface area contributed by atoms with Crippen molar-refractivity contribution in [1.29, 1.82) is 0 Å². The van der Waals surface area contributed by atoms with Gasteiger partial charge in [0.15, 0.2) is 0 Å². The van der Waals surface area contributed by atoms with Crippen LogP contribution in [0.15, 0.2) is 18.5 Å². The summed E-state index contributed by atoms with van der Waals surface area (Å²) in [5, 5.41) is 14.1. The summed E-state index contributed by atoms with van der Waals surface area (Å²) >= 11 is 0. The monoisotopic (exact) mass is 156 g/mol. The number of nitrogens with zero attached hydrogens (tertiary/aromatic N) is 1. The average molecular weight is 156 g/mol. The lowest BCUT2D eigenvalue weighted by Crippen LogP contribution is -1.90. The quantitative estimate of drug-likeness (QED) is 0.677. The number of hydrogen-bond acceptors (Lipinski definition) is 2. The van der Waals surface area contributed by atoms with Crippen LogP contribution >= 0.6 is 0 Å². The van der Waals surface area contributed by atoms with Crippen molar-refractivity contribution in [3.8, 4) is 0 Å². The standard InChI is InChI=1S/C4H8O2.C3H4N2/c1-2-3-4(5)6;1-2-4-5-3-1/h2-3H2,1H3,(H,5,6);1-3H,(H,4,5). The van der Waals surface area contributed by atoms with Crippen LogP contribution in [0.25, 0.3) is 0 Å². The molecule has 1 aromatic rings. The first kappa shape index (κ1) is 9.68. The number of rotatable bonds is 2. The summed E-state index contributed by atoms with van der Waals surface area (Å²) in [6.07, 6.45) is 4.48. The summed E-state index contributed by atoms with van der Waals surface area (Å²) < 4.78 is 0. The molecule has 0 radical (unpaired) electrons. The highest BCUT2D eigenvalue weighted by Crippen LogP contribution is 1.82. The van der Waals surface area contributed by atoms with E-state index in [2.05, 4.69) is 10.2 Å². The van der Waals surface area contributed by atoms with Crippen molar-refractivity contribution in [2.24, 2.45) is 0 Å². The maximum atomic E-state index is 9.60. The minimum Gasteiger partial charge on any atom is -0.481 e. The zero-order chi connectivity index (χ0) is 8.53. The lowest BCUT2D eigenvalue weighted by atomic mass is 10.4. The third-order valence-electron chi connectivity index (χ3n) is 0.870. The van der Waals surface area contributed by atoms with Crippen molar-refractivity contribution in [3.05, 3.63) is 18.5 Å². The molecule has 0 aliphatic carbocycles. The molecule has 0 atom stereocenters. The van der Waals surface area contributed by atoms with Gasteiger partial charge in [0.1, 0.15) is 0 Å². The Kier molecular flexibility index (Phi) is 5.98. The Balaban J connectivity index is 0.000000183. The Hall–Kier alpha value is -1.32. The lowest BCUT2D eigenvalue weighted by molar-refractivity contribution is -0.137. The molecule has 0 amide bonds. The van der Waals surface area contributed by atoms with E-state index in [1.54, 1.807) is 12.4 Å². The van der Waals surface area contributed by atoms with E-state index < -0.39 is 5.97 Å². The number of hydrogen-bond donors (Lipinski definition) is 2. The summed E-state index contributed by atoms with van der Waals surface area (Å²) in [6.45, 7) is 1.84. The SMILES string of the molecule is CCCC(=O)O.c1cn[nH]c1. The molecule has 2 N–H and O–H groups in total. The molecule has 0 fully saturated rings. The molecular weight excluding hydrogens is 144 g/mol. The number of nitrogens with one attached hydrogen (secondary N) is 1. The molecule has 4 nitrogen and oxygen atoms in total. The van der Waals surface area contributed by atoms with Crippen LogP contribution in [0.2, 0.25) is 0 Å². The van der Waals surface area contributed by atoms with Crippen LogP contribution in [0.4, 0.5) is 0 Å². The first-order valence-electron chi connectivity index (χ1n) is 3.43. The fourth-order valence-electron chi connectivity index (χ4n) is 0.429. The Morgan fingerprint density at radius 1 is 1.73 bits per heavy atom. The van der Waals surface area contributed by atoms with E-state index in [1.165, 1.54) is 0 Å². The molecule has 0 saturated carbocycles. The van der Waals surface area contributed by atoms with Crippen LogP contribution < -0.4 is 0 Å². The van der Waals surface area contributed by atoms with Crippen molar-refractivity contribution < 1.29 is 9.90 Å². The summed E-state index contributed by atoms with van der Waals surface area (Å²) in [7, 11) is 0. The second kappa shape index (κ2) is 6.80. The minimum atomic E-state index is -0.711. The molecule has 0 aliphatic rings. The first-order valence-corrected chi connectivity index (χ1v) is 3.43. The van der Waals surface area contributed by atoms with Gasteiger partial charge in [0, 0.05) is 18.8 Å². The molecular formula is C7H12N2O2. The highest BCUT2D eigenvalue weighted by molar-refractivity contribution is 5.66. The van der Waals surface area contributed by atoms with Crippen molar-refractivity contribution in [2.75, 3.05) is 0 Å². The predicted octanol–water partition coefficient (Wildman–Crippen LogP) is 1.28. The van der Waals surface area contributed by atoms with Crippen LogP contribution in [0.1, 0.15) is 19.8 Å². The summed E-state index contributed by atoms with van der Waals surface area (Å²) in [5.74, 6) is -0.711. The van der Waals surface area contributed by atoms with Gasteiger partial charge < -0.3 is 5.11 Å². The second-order valence-electron chi connectivity index (χ2n) is 1.91. The van der Waals surface area contributed by atoms with Crippen molar-refractivity contribution >= 4 is 5.97 Å². The maximum absolute atomic E-state index is 9.60. The number of H-pyrrole nitrogens is 1. The highest BCUT2D eigenvalue weighted by atomic mass is 16.4. The molecule has 1 aromatic heterocycles. The van der Waals surface area contributed by atoms with Gasteiger partial charge in [0.2, 0.25) is 0 Å². The number of carbonyl (C=O) groups is 1. The van der Waals surface area contributed by atoms with Crippen LogP contribution in [-0.4, -0.2) is 21.3 Å². The number of carboxylic acid groups (broad SMARTS) is 1. The normalized spacial score (nSPS) is 8.09. The largest absolute Gasteiger partial charge is 0.481 e. The fourth-order valence-corrected chi connectivity index (χ4v) is 0.429. The van der Waals surface area contributed by atoms with Crippen LogP contribution in [0.3, 0.4) is 0 Å². The van der Waals surface area contributed by atoms with Gasteiger partial charge >= 0.3 is 5.97 Å². The molecule has 1 rings (SSSR count). The smallest absolute Gasteiger partial charge is 0.303 e. The van der Waals surface area contributed by atoms with Crippen molar-refractivity contribution in [1.82, 2.24) is 10.2 Å². The third kappa shape index (κ3) is 8.68. The Morgan fingerprint density at radius 3 is 2.55 bits per heavy atom. The topological polar surface area (TPSA) is 66.0 Å². The van der Waals surface area contributed by atoms with E-state index in [0.717, 1.165) is 6.42 Å². The van der Waals surface area contributed by atoms with Crippen molar-refractivity contribution in [2.45, 2.75) is 19.8 Å². The van der Waals surface area contributed by atoms with Gasteiger partial charge in [0.25, 0.3) is 0 Å². The molecule has 0 bridgehead atoms. The van der Waals surface area contributed by atoms with Crippen LogP contribution in [0.5, 0.6) is 0 Å². The Bertz CT molecular complexity index is 155. The zero-order valence-electron chi connectivity index (χ0n) is 6.45. The third-order valence-corrected chi connectivity index (χ3v) is 0.870. The number of aromatic amines is 1. The fraction of sp³-hybridized carbons (Fsp3) is 0.429. The van der Waals surface area contributed by atoms with Gasteiger partial charge in [-0.25, -0.2) is 0 Å². The van der Waals surface area contributed by atoms with Gasteiger partial charge in [-0.2, -0.15) is 5.10 Å². The van der Waals surface area contributed by atoms with E-state index in [0.29, 0.717) is 6.42 Å². The number of carboxylic acids is 1. The molecule has 0 unspecified atom stereocenters. The molecule has 11 heavy (non-hydrogen) atoms. The number of aromatic nitrogens is 2. The summed E-state index contributed by atoms with van der Waals surface area (Å²) in [4.78, 5) is 9.60. The first-order chi connectivity index (χ1) is 5.27. The van der Waals surface area contributed by atoms with E-state index in [-0.39, 0.29) is 0 Å². The molecule has 0 spiro atoms. The summed E-state index contributed by atoms with van der Waals surface area (Å²) in [5.41, 5.74) is 0. The van der Waals surface area contributed by atoms with E-state index in [9.17, 15) is 4.79 Å². The Labute approximate surface area is 65.3 Å². The summed E-state index contributed by atoms with van der Waals surface area (Å²) in [6, 6.07) is 1.83. The molecule has 0 aliphatic heterocycles. The van der Waals surface area contributed by atoms with Gasteiger partial charge in [-0.15, -0.1) is 0 Å². The molecule has 1 heterocycles. The van der Waals surface area contributed by atoms with Crippen molar-refractivity contribution in [3.63, 3.8) is 0 Å². The van der Waals surface area contributed by atoms with E-state index in [4.69, 9.17) is 5.11 Å². The van der Waals surface area contributed by atoms with Gasteiger partial charge in [-0.1, -0.05) is 6.92 Å². The molecule has 4 heteroatoms. The minimum absolute atomic E-state index is 0.292. The zero-order valence-corrected chi connectivity index (χ0v) is 6.45. The number of aliphatic carboxylic acids is 1. The lowest BCUT2D eigenvalue weighted by Gasteiger charge is -1.79. The average Bonchev–Trinajstić information content (AvgIpc) is 2.41. The van der Waals surface area contributed by atoms with Gasteiger partial charge in [-0.3, -0.25) is 9.89 Å². The highest BCUT2D eigenvalue weighted by Gasteiger charge is 1.87. The van der Waals surface area contributed by atoms with Crippen LogP contribution in [-0.2, 0) is 4.79 Å². The van der Waals surface area contributed by atoms with E-state index in [1.807, 2.05) is 13.0 Å². The van der Waals surface area contributed by atoms with E-state index >= 15 is 0 Å². The Morgan fingerprint density at radius 2 is 2.45 bits per heavy atom. The molecule has 0 aromatic carbocycles. The molecule has 0 saturated heterocycles. The van der Waals surface area contributed by atoms with Gasteiger partial charge in [-0.05, 0) is 12.5 Å². The van der Waals surface area contributed by atoms with Crippen LogP contribution in [0, 0.1) is 0 Å². The second-order valence-corrected chi connectivity index (χ2v) is 1.91. The predicted molar refractivity (Wildman–Crippen MR) is 41.1 cm³/mol. The van der Waals surface area contributed by atoms with Gasteiger partial charge in [0.05, 0.1) is 0 Å².